The second-order valence-electron chi connectivity index (χ2n) is 13.5. The van der Waals surface area contributed by atoms with E-state index >= 15 is 0 Å². The Bertz CT molecular complexity index is 859. The van der Waals surface area contributed by atoms with Gasteiger partial charge in [0.2, 0.25) is 5.91 Å². The average Bonchev–Trinajstić information content (AvgIpc) is 3.07. The number of amides is 1. The molecule has 0 aromatic heterocycles. The summed E-state index contributed by atoms with van der Waals surface area (Å²) in [5, 5.41) is 21.6. The first kappa shape index (κ1) is 47.5. The third-order valence-electron chi connectivity index (χ3n) is 8.65. The van der Waals surface area contributed by atoms with Crippen LogP contribution in [0, 0.1) is 0 Å². The minimum Gasteiger partial charge on any atom is -0.480 e. The first-order chi connectivity index (χ1) is 23.6. The zero-order valence-corrected chi connectivity index (χ0v) is 31.9. The van der Waals surface area contributed by atoms with Gasteiger partial charge < -0.3 is 25.2 Å². The van der Waals surface area contributed by atoms with Crippen molar-refractivity contribution in [1.82, 2.24) is 5.32 Å². The largest absolute Gasteiger partial charge is 0.480 e. The van der Waals surface area contributed by atoms with Crippen LogP contribution in [0.5, 0.6) is 0 Å². The lowest BCUT2D eigenvalue weighted by Gasteiger charge is -2.18. The summed E-state index contributed by atoms with van der Waals surface area (Å²) in [6, 6.07) is -1.54. The fourth-order valence-corrected chi connectivity index (χ4v) is 6.32. The minimum absolute atomic E-state index is 0.152. The Morgan fingerprint density at radius 2 is 0.939 bits per heavy atom. The molecule has 0 aliphatic heterocycles. The van der Waals surface area contributed by atoms with Gasteiger partial charge in [-0.3, -0.25) is 18.6 Å². The number of hydrogen-bond donors (Lipinski definition) is 4. The molecule has 11 nitrogen and oxygen atoms in total. The second-order valence-corrected chi connectivity index (χ2v) is 14.9. The highest BCUT2D eigenvalue weighted by Crippen LogP contribution is 2.43. The topological polar surface area (TPSA) is 169 Å². The number of carboxylic acids is 1. The Balaban J connectivity index is 3.83. The minimum atomic E-state index is -4.73. The number of aliphatic carboxylic acids is 1. The van der Waals surface area contributed by atoms with Gasteiger partial charge in [-0.1, -0.05) is 162 Å². The van der Waals surface area contributed by atoms with Crippen molar-refractivity contribution in [1.29, 1.82) is 0 Å². The van der Waals surface area contributed by atoms with Gasteiger partial charge in [-0.25, -0.2) is 9.36 Å². The molecule has 3 atom stereocenters. The predicted molar refractivity (Wildman–Crippen MR) is 194 cm³/mol. The van der Waals surface area contributed by atoms with Crippen molar-refractivity contribution in [3.05, 3.63) is 0 Å². The monoisotopic (exact) mass is 721 g/mol. The molecular formula is C37H72NO10P. The van der Waals surface area contributed by atoms with E-state index < -0.39 is 57.6 Å². The first-order valence-electron chi connectivity index (χ1n) is 19.6. The summed E-state index contributed by atoms with van der Waals surface area (Å²) in [4.78, 5) is 45.4. The fraction of sp³-hybridized carbons (Fsp3) is 0.919. The molecule has 1 amide bonds. The number of phosphoric acid groups is 1. The van der Waals surface area contributed by atoms with E-state index in [9.17, 15) is 34.1 Å². The third-order valence-corrected chi connectivity index (χ3v) is 9.60. The molecule has 0 aliphatic carbocycles. The molecule has 290 valence electrons. The maximum atomic E-state index is 12.3. The predicted octanol–water partition coefficient (Wildman–Crippen LogP) is 9.17. The van der Waals surface area contributed by atoms with Crippen LogP contribution in [0.4, 0.5) is 0 Å². The molecule has 0 aromatic rings. The van der Waals surface area contributed by atoms with Gasteiger partial charge in [-0.2, -0.15) is 0 Å². The van der Waals surface area contributed by atoms with Crippen molar-refractivity contribution < 1.29 is 47.8 Å². The van der Waals surface area contributed by atoms with Gasteiger partial charge in [-0.15, -0.1) is 0 Å². The van der Waals surface area contributed by atoms with Crippen molar-refractivity contribution in [2.45, 2.75) is 199 Å². The number of aliphatic hydroxyl groups excluding tert-OH is 1. The van der Waals surface area contributed by atoms with Crippen LogP contribution in [-0.2, 0) is 32.7 Å². The van der Waals surface area contributed by atoms with Crippen LogP contribution in [0.3, 0.4) is 0 Å². The van der Waals surface area contributed by atoms with E-state index in [0.717, 1.165) is 44.9 Å². The maximum Gasteiger partial charge on any atom is 0.472 e. The Kier molecular flexibility index (Phi) is 32.6. The Hall–Kier alpha value is -1.52. The number of carboxylic acid groups (broad SMARTS) is 1. The van der Waals surface area contributed by atoms with Crippen LogP contribution in [0.25, 0.3) is 0 Å². The molecule has 0 bridgehead atoms. The molecule has 12 heteroatoms. The van der Waals surface area contributed by atoms with Crippen molar-refractivity contribution in [3.8, 4) is 0 Å². The van der Waals surface area contributed by atoms with Crippen LogP contribution in [0.2, 0.25) is 0 Å². The smallest absolute Gasteiger partial charge is 0.472 e. The summed E-state index contributed by atoms with van der Waals surface area (Å²) in [7, 11) is -4.73. The summed E-state index contributed by atoms with van der Waals surface area (Å²) in [5.74, 6) is -2.37. The van der Waals surface area contributed by atoms with E-state index in [1.54, 1.807) is 0 Å². The summed E-state index contributed by atoms with van der Waals surface area (Å²) in [6.45, 7) is 2.49. The van der Waals surface area contributed by atoms with Gasteiger partial charge in [0.1, 0.15) is 12.7 Å². The number of rotatable bonds is 37. The molecule has 3 unspecified atom stereocenters. The molecule has 0 heterocycles. The van der Waals surface area contributed by atoms with Crippen molar-refractivity contribution in [2.75, 3.05) is 19.8 Å². The highest BCUT2D eigenvalue weighted by Gasteiger charge is 2.28. The quantitative estimate of drug-likeness (QED) is 0.0276. The van der Waals surface area contributed by atoms with E-state index in [2.05, 4.69) is 19.2 Å². The van der Waals surface area contributed by atoms with E-state index in [1.807, 2.05) is 0 Å². The normalized spacial score (nSPS) is 13.9. The molecule has 0 aromatic carbocycles. The lowest BCUT2D eigenvalue weighted by atomic mass is 10.0. The molecule has 0 radical (unpaired) electrons. The summed E-state index contributed by atoms with van der Waals surface area (Å²) < 4.78 is 26.5. The molecule has 4 N–H and O–H groups in total. The molecule has 0 saturated carbocycles. The van der Waals surface area contributed by atoms with Crippen LogP contribution in [0.1, 0.15) is 187 Å². The number of hydrogen-bond acceptors (Lipinski definition) is 8. The lowest BCUT2D eigenvalue weighted by molar-refractivity contribution is -0.147. The van der Waals surface area contributed by atoms with Crippen LogP contribution in [-0.4, -0.2) is 64.9 Å². The number of esters is 1. The fourth-order valence-electron chi connectivity index (χ4n) is 5.55. The number of ether oxygens (including phenoxy) is 1. The van der Waals surface area contributed by atoms with E-state index in [4.69, 9.17) is 13.8 Å². The van der Waals surface area contributed by atoms with Crippen molar-refractivity contribution >= 4 is 25.7 Å². The van der Waals surface area contributed by atoms with Gasteiger partial charge in [-0.05, 0) is 12.8 Å². The average molecular weight is 722 g/mol. The van der Waals surface area contributed by atoms with Gasteiger partial charge in [0.25, 0.3) is 0 Å². The number of unbranched alkanes of at least 4 members (excludes halogenated alkanes) is 23. The molecule has 0 saturated heterocycles. The highest BCUT2D eigenvalue weighted by atomic mass is 31.2. The van der Waals surface area contributed by atoms with Gasteiger partial charge >= 0.3 is 19.8 Å². The maximum absolute atomic E-state index is 12.3. The SMILES string of the molecule is CCCCCCCCCCCCCCCCCCCCCCC(=O)NC(COP(=O)(O)OCC(O)COC(=O)CCCCCCC)C(=O)O. The highest BCUT2D eigenvalue weighted by molar-refractivity contribution is 7.47. The number of carbonyl (C=O) groups excluding carboxylic acids is 2. The molecule has 0 spiro atoms. The number of carbonyl (C=O) groups is 3. The number of nitrogens with one attached hydrogen (secondary N) is 1. The zero-order valence-electron chi connectivity index (χ0n) is 31.0. The lowest BCUT2D eigenvalue weighted by Crippen LogP contribution is -2.43. The van der Waals surface area contributed by atoms with E-state index in [-0.39, 0.29) is 12.8 Å². The second kappa shape index (κ2) is 33.6. The molecule has 49 heavy (non-hydrogen) atoms. The zero-order chi connectivity index (χ0) is 36.4. The van der Waals surface area contributed by atoms with Crippen LogP contribution in [0.15, 0.2) is 0 Å². The summed E-state index contributed by atoms with van der Waals surface area (Å²) in [5.41, 5.74) is 0. The Labute approximate surface area is 297 Å². The molecule has 0 aliphatic rings. The van der Waals surface area contributed by atoms with E-state index in [1.165, 1.54) is 103 Å². The number of phosphoric ester groups is 1. The molecule has 0 rings (SSSR count). The van der Waals surface area contributed by atoms with Gasteiger partial charge in [0, 0.05) is 12.8 Å². The van der Waals surface area contributed by atoms with Crippen molar-refractivity contribution in [3.63, 3.8) is 0 Å². The Morgan fingerprint density at radius 3 is 1.35 bits per heavy atom. The van der Waals surface area contributed by atoms with Crippen LogP contribution < -0.4 is 5.32 Å². The van der Waals surface area contributed by atoms with Crippen LogP contribution >= 0.6 is 7.82 Å². The van der Waals surface area contributed by atoms with E-state index in [0.29, 0.717) is 12.8 Å². The summed E-state index contributed by atoms with van der Waals surface area (Å²) >= 11 is 0. The van der Waals surface area contributed by atoms with Gasteiger partial charge in [0.05, 0.1) is 13.2 Å². The molecular weight excluding hydrogens is 649 g/mol. The number of aliphatic hydroxyl groups is 1. The van der Waals surface area contributed by atoms with Crippen molar-refractivity contribution in [2.24, 2.45) is 0 Å². The van der Waals surface area contributed by atoms with Gasteiger partial charge in [0.15, 0.2) is 6.04 Å². The first-order valence-corrected chi connectivity index (χ1v) is 21.1. The molecule has 0 fully saturated rings. The Morgan fingerprint density at radius 1 is 0.571 bits per heavy atom. The third kappa shape index (κ3) is 33.4. The standard InChI is InChI=1S/C37H72NO10P/c1-3-5-7-9-10-11-12-13-14-15-16-17-18-19-20-21-22-23-25-26-28-35(40)38-34(37(42)43)32-48-49(44,45)47-31-33(39)30-46-36(41)29-27-24-8-6-4-2/h33-34,39H,3-32H2,1-2H3,(H,38,40)(H,42,43)(H,44,45). The summed E-state index contributed by atoms with van der Waals surface area (Å²) in [6.07, 6.45) is 29.0.